The molecule has 0 heterocycles. The van der Waals surface area contributed by atoms with Gasteiger partial charge in [0.1, 0.15) is 0 Å². The Labute approximate surface area is 122 Å². The average molecular weight is 275 g/mol. The standard InChI is InChI=1S/C17H25NO2/c1-6-15-8-7-9-16(10-15)18(13(2)3)11-17(19)12-20-14(4)5/h1,7-10,13-14,17,19H,11-12H2,2-5H3. The number of rotatable bonds is 7. The van der Waals surface area contributed by atoms with E-state index in [0.29, 0.717) is 13.2 Å². The Hall–Kier alpha value is -1.50. The van der Waals surface area contributed by atoms with Crippen molar-refractivity contribution in [3.8, 4) is 12.3 Å². The average Bonchev–Trinajstić information content (AvgIpc) is 2.42. The monoisotopic (exact) mass is 275 g/mol. The first kappa shape index (κ1) is 16.6. The van der Waals surface area contributed by atoms with Gasteiger partial charge in [0, 0.05) is 23.8 Å². The van der Waals surface area contributed by atoms with Crippen LogP contribution in [0, 0.1) is 12.3 Å². The van der Waals surface area contributed by atoms with Crippen LogP contribution in [0.1, 0.15) is 33.3 Å². The summed E-state index contributed by atoms with van der Waals surface area (Å²) in [5, 5.41) is 10.1. The zero-order valence-electron chi connectivity index (χ0n) is 12.8. The Balaban J connectivity index is 2.76. The molecule has 0 spiro atoms. The highest BCUT2D eigenvalue weighted by atomic mass is 16.5. The van der Waals surface area contributed by atoms with Crippen molar-refractivity contribution in [3.63, 3.8) is 0 Å². The van der Waals surface area contributed by atoms with Gasteiger partial charge in [-0.2, -0.15) is 0 Å². The maximum atomic E-state index is 10.1. The molecule has 0 fully saturated rings. The summed E-state index contributed by atoms with van der Waals surface area (Å²) in [6.07, 6.45) is 5.05. The first-order valence-corrected chi connectivity index (χ1v) is 7.07. The molecule has 1 aromatic carbocycles. The van der Waals surface area contributed by atoms with Gasteiger partial charge in [-0.1, -0.05) is 12.0 Å². The number of ether oxygens (including phenoxy) is 1. The summed E-state index contributed by atoms with van der Waals surface area (Å²) < 4.78 is 5.46. The minimum atomic E-state index is -0.519. The van der Waals surface area contributed by atoms with E-state index in [0.717, 1.165) is 11.3 Å². The van der Waals surface area contributed by atoms with E-state index in [2.05, 4.69) is 24.7 Å². The summed E-state index contributed by atoms with van der Waals surface area (Å²) >= 11 is 0. The van der Waals surface area contributed by atoms with Crippen molar-refractivity contribution in [1.82, 2.24) is 0 Å². The normalized spacial score (nSPS) is 12.5. The van der Waals surface area contributed by atoms with Gasteiger partial charge < -0.3 is 14.7 Å². The lowest BCUT2D eigenvalue weighted by Crippen LogP contribution is -2.39. The quantitative estimate of drug-likeness (QED) is 0.777. The molecule has 0 saturated heterocycles. The van der Waals surface area contributed by atoms with Crippen molar-refractivity contribution in [2.75, 3.05) is 18.1 Å². The molecular formula is C17H25NO2. The molecule has 1 rings (SSSR count). The molecule has 1 atom stereocenters. The van der Waals surface area contributed by atoms with Crippen LogP contribution >= 0.6 is 0 Å². The van der Waals surface area contributed by atoms with E-state index in [-0.39, 0.29) is 12.1 Å². The van der Waals surface area contributed by atoms with E-state index in [1.54, 1.807) is 0 Å². The summed E-state index contributed by atoms with van der Waals surface area (Å²) in [5.41, 5.74) is 1.88. The molecule has 3 nitrogen and oxygen atoms in total. The first-order valence-electron chi connectivity index (χ1n) is 7.07. The van der Waals surface area contributed by atoms with Crippen molar-refractivity contribution in [3.05, 3.63) is 29.8 Å². The van der Waals surface area contributed by atoms with E-state index in [1.807, 2.05) is 38.1 Å². The summed E-state index contributed by atoms with van der Waals surface area (Å²) in [4.78, 5) is 2.13. The Morgan fingerprint density at radius 3 is 2.55 bits per heavy atom. The van der Waals surface area contributed by atoms with Gasteiger partial charge in [0.25, 0.3) is 0 Å². The van der Waals surface area contributed by atoms with Crippen molar-refractivity contribution in [1.29, 1.82) is 0 Å². The Morgan fingerprint density at radius 1 is 1.30 bits per heavy atom. The highest BCUT2D eigenvalue weighted by Crippen LogP contribution is 2.19. The van der Waals surface area contributed by atoms with Crippen LogP contribution < -0.4 is 4.90 Å². The second kappa shape index (κ2) is 7.94. The van der Waals surface area contributed by atoms with Crippen LogP contribution in [0.3, 0.4) is 0 Å². The van der Waals surface area contributed by atoms with Crippen molar-refractivity contribution in [2.24, 2.45) is 0 Å². The van der Waals surface area contributed by atoms with Gasteiger partial charge in [-0.25, -0.2) is 0 Å². The van der Waals surface area contributed by atoms with Gasteiger partial charge >= 0.3 is 0 Å². The van der Waals surface area contributed by atoms with E-state index in [1.165, 1.54) is 0 Å². The number of terminal acetylenes is 1. The number of aliphatic hydroxyl groups is 1. The SMILES string of the molecule is C#Cc1cccc(N(CC(O)COC(C)C)C(C)C)c1. The van der Waals surface area contributed by atoms with Crippen molar-refractivity contribution >= 4 is 5.69 Å². The molecular weight excluding hydrogens is 250 g/mol. The van der Waals surface area contributed by atoms with Crippen LogP contribution in [0.25, 0.3) is 0 Å². The Bertz CT molecular complexity index is 449. The lowest BCUT2D eigenvalue weighted by atomic mass is 10.1. The highest BCUT2D eigenvalue weighted by Gasteiger charge is 2.16. The summed E-state index contributed by atoms with van der Waals surface area (Å²) in [6.45, 7) is 8.98. The molecule has 0 radical (unpaired) electrons. The van der Waals surface area contributed by atoms with Crippen LogP contribution in [-0.4, -0.2) is 36.5 Å². The van der Waals surface area contributed by atoms with Gasteiger partial charge in [0.2, 0.25) is 0 Å². The van der Waals surface area contributed by atoms with Crippen molar-refractivity contribution < 1.29 is 9.84 Å². The van der Waals surface area contributed by atoms with Crippen LogP contribution in [0.5, 0.6) is 0 Å². The molecule has 0 aliphatic rings. The lowest BCUT2D eigenvalue weighted by molar-refractivity contribution is 0.00848. The second-order valence-electron chi connectivity index (χ2n) is 5.48. The van der Waals surface area contributed by atoms with Crippen LogP contribution in [0.15, 0.2) is 24.3 Å². The maximum absolute atomic E-state index is 10.1. The smallest absolute Gasteiger partial charge is 0.0948 e. The minimum absolute atomic E-state index is 0.127. The second-order valence-corrected chi connectivity index (χ2v) is 5.48. The van der Waals surface area contributed by atoms with Gasteiger partial charge in [0.15, 0.2) is 0 Å². The third-order valence-electron chi connectivity index (χ3n) is 3.00. The van der Waals surface area contributed by atoms with Gasteiger partial charge in [-0.15, -0.1) is 6.42 Å². The van der Waals surface area contributed by atoms with E-state index >= 15 is 0 Å². The predicted molar refractivity (Wildman–Crippen MR) is 84.0 cm³/mol. The molecule has 1 aromatic rings. The maximum Gasteiger partial charge on any atom is 0.0948 e. The number of aliphatic hydroxyl groups excluding tert-OH is 1. The van der Waals surface area contributed by atoms with Crippen LogP contribution in [-0.2, 0) is 4.74 Å². The number of nitrogens with zero attached hydrogens (tertiary/aromatic N) is 1. The van der Waals surface area contributed by atoms with Gasteiger partial charge in [-0.05, 0) is 45.9 Å². The molecule has 20 heavy (non-hydrogen) atoms. The number of benzene rings is 1. The molecule has 0 aliphatic heterocycles. The summed E-state index contributed by atoms with van der Waals surface area (Å²) in [7, 11) is 0. The number of anilines is 1. The molecule has 0 amide bonds. The topological polar surface area (TPSA) is 32.7 Å². The Morgan fingerprint density at radius 2 is 2.00 bits per heavy atom. The molecule has 0 aliphatic carbocycles. The van der Waals surface area contributed by atoms with E-state index < -0.39 is 6.10 Å². The Kier molecular flexibility index (Phi) is 6.57. The summed E-state index contributed by atoms with van der Waals surface area (Å²) in [5.74, 6) is 2.64. The molecule has 110 valence electrons. The molecule has 3 heteroatoms. The van der Waals surface area contributed by atoms with Gasteiger partial charge in [0.05, 0.1) is 18.8 Å². The fraction of sp³-hybridized carbons (Fsp3) is 0.529. The number of hydrogen-bond donors (Lipinski definition) is 1. The third-order valence-corrected chi connectivity index (χ3v) is 3.00. The largest absolute Gasteiger partial charge is 0.389 e. The molecule has 0 saturated carbocycles. The fourth-order valence-corrected chi connectivity index (χ4v) is 1.97. The molecule has 1 N–H and O–H groups in total. The minimum Gasteiger partial charge on any atom is -0.389 e. The van der Waals surface area contributed by atoms with Gasteiger partial charge in [-0.3, -0.25) is 0 Å². The zero-order chi connectivity index (χ0) is 15.1. The highest BCUT2D eigenvalue weighted by molar-refractivity contribution is 5.52. The molecule has 1 unspecified atom stereocenters. The first-order chi connectivity index (χ1) is 9.43. The van der Waals surface area contributed by atoms with Crippen molar-refractivity contribution in [2.45, 2.75) is 45.9 Å². The van der Waals surface area contributed by atoms with Crippen LogP contribution in [0.2, 0.25) is 0 Å². The molecule has 0 bridgehead atoms. The molecule has 0 aromatic heterocycles. The number of hydrogen-bond acceptors (Lipinski definition) is 3. The van der Waals surface area contributed by atoms with E-state index in [9.17, 15) is 5.11 Å². The van der Waals surface area contributed by atoms with Crippen LogP contribution in [0.4, 0.5) is 5.69 Å². The summed E-state index contributed by atoms with van der Waals surface area (Å²) in [6, 6.07) is 8.10. The lowest BCUT2D eigenvalue weighted by Gasteiger charge is -2.31. The predicted octanol–water partition coefficient (Wildman–Crippen LogP) is 2.67. The fourth-order valence-electron chi connectivity index (χ4n) is 1.97. The zero-order valence-corrected chi connectivity index (χ0v) is 12.8. The van der Waals surface area contributed by atoms with E-state index in [4.69, 9.17) is 11.2 Å². The third kappa shape index (κ3) is 5.24.